The lowest BCUT2D eigenvalue weighted by atomic mass is 10.1. The van der Waals surface area contributed by atoms with Crippen LogP contribution in [0.15, 0.2) is 0 Å². The van der Waals surface area contributed by atoms with E-state index in [1.807, 2.05) is 11.8 Å². The molecule has 90 valence electrons. The summed E-state index contributed by atoms with van der Waals surface area (Å²) in [5.74, 6) is 1.23. The highest BCUT2D eigenvalue weighted by Crippen LogP contribution is 2.16. The van der Waals surface area contributed by atoms with Gasteiger partial charge >= 0.3 is 0 Å². The van der Waals surface area contributed by atoms with Crippen molar-refractivity contribution in [2.75, 3.05) is 25.2 Å². The minimum atomic E-state index is 0.562. The Morgan fingerprint density at radius 3 is 3.00 bits per heavy atom. The zero-order chi connectivity index (χ0) is 10.9. The molecule has 0 aromatic heterocycles. The van der Waals surface area contributed by atoms with E-state index in [2.05, 4.69) is 18.5 Å². The molecule has 0 spiro atoms. The highest BCUT2D eigenvalue weighted by Gasteiger charge is 2.14. The number of ether oxygens (including phenoxy) is 1. The summed E-state index contributed by atoms with van der Waals surface area (Å²) in [6, 6.07) is 0.699. The minimum absolute atomic E-state index is 0.562. The lowest BCUT2D eigenvalue weighted by Crippen LogP contribution is -2.31. The summed E-state index contributed by atoms with van der Waals surface area (Å²) in [4.78, 5) is 0. The predicted octanol–water partition coefficient (Wildman–Crippen LogP) is 2.68. The van der Waals surface area contributed by atoms with Crippen LogP contribution in [0, 0.1) is 0 Å². The van der Waals surface area contributed by atoms with Crippen molar-refractivity contribution >= 4 is 11.8 Å². The Balaban J connectivity index is 1.94. The molecule has 0 bridgehead atoms. The average molecular weight is 231 g/mol. The monoisotopic (exact) mass is 231 g/mol. The van der Waals surface area contributed by atoms with Crippen LogP contribution in [-0.2, 0) is 4.74 Å². The molecule has 1 saturated heterocycles. The van der Waals surface area contributed by atoms with Gasteiger partial charge in [0.1, 0.15) is 0 Å². The van der Waals surface area contributed by atoms with Gasteiger partial charge < -0.3 is 10.1 Å². The second kappa shape index (κ2) is 8.43. The van der Waals surface area contributed by atoms with Crippen molar-refractivity contribution in [1.29, 1.82) is 0 Å². The quantitative estimate of drug-likeness (QED) is 0.649. The molecule has 2 unspecified atom stereocenters. The van der Waals surface area contributed by atoms with E-state index >= 15 is 0 Å². The van der Waals surface area contributed by atoms with Gasteiger partial charge in [-0.2, -0.15) is 11.8 Å². The van der Waals surface area contributed by atoms with Crippen LogP contribution in [0.5, 0.6) is 0 Å². The van der Waals surface area contributed by atoms with Gasteiger partial charge in [-0.1, -0.05) is 6.92 Å². The highest BCUT2D eigenvalue weighted by atomic mass is 32.2. The lowest BCUT2D eigenvalue weighted by molar-refractivity contribution is 0.102. The van der Waals surface area contributed by atoms with Crippen molar-refractivity contribution in [2.24, 2.45) is 0 Å². The number of thioether (sulfide) groups is 1. The van der Waals surface area contributed by atoms with Gasteiger partial charge in [-0.3, -0.25) is 0 Å². The maximum absolute atomic E-state index is 5.60. The van der Waals surface area contributed by atoms with E-state index in [9.17, 15) is 0 Å². The van der Waals surface area contributed by atoms with E-state index in [0.29, 0.717) is 12.1 Å². The molecule has 2 nitrogen and oxygen atoms in total. The Morgan fingerprint density at radius 2 is 2.40 bits per heavy atom. The van der Waals surface area contributed by atoms with Crippen molar-refractivity contribution in [3.8, 4) is 0 Å². The second-order valence-electron chi connectivity index (χ2n) is 4.29. The smallest absolute Gasteiger partial charge is 0.0576 e. The van der Waals surface area contributed by atoms with Gasteiger partial charge in [0.2, 0.25) is 0 Å². The Hall–Kier alpha value is 0.270. The molecule has 3 heteroatoms. The zero-order valence-corrected chi connectivity index (χ0v) is 10.9. The fourth-order valence-corrected chi connectivity index (χ4v) is 2.79. The molecule has 15 heavy (non-hydrogen) atoms. The largest absolute Gasteiger partial charge is 0.378 e. The molecular formula is C12H25NOS. The summed E-state index contributed by atoms with van der Waals surface area (Å²) >= 11 is 1.93. The van der Waals surface area contributed by atoms with Gasteiger partial charge in [0.05, 0.1) is 6.10 Å². The average Bonchev–Trinajstić information content (AvgIpc) is 2.75. The predicted molar refractivity (Wildman–Crippen MR) is 68.7 cm³/mol. The van der Waals surface area contributed by atoms with Crippen molar-refractivity contribution in [3.63, 3.8) is 0 Å². The van der Waals surface area contributed by atoms with Crippen molar-refractivity contribution in [2.45, 2.75) is 51.2 Å². The second-order valence-corrected chi connectivity index (χ2v) is 5.20. The van der Waals surface area contributed by atoms with Crippen LogP contribution >= 0.6 is 11.8 Å². The fourth-order valence-electron chi connectivity index (χ4n) is 2.03. The Labute approximate surface area is 98.5 Å². The van der Waals surface area contributed by atoms with E-state index in [1.54, 1.807) is 0 Å². The van der Waals surface area contributed by atoms with Gasteiger partial charge in [-0.25, -0.2) is 0 Å². The van der Waals surface area contributed by atoms with E-state index in [-0.39, 0.29) is 0 Å². The molecule has 0 aliphatic carbocycles. The zero-order valence-electron chi connectivity index (χ0n) is 10.1. The van der Waals surface area contributed by atoms with Gasteiger partial charge in [0, 0.05) is 18.4 Å². The molecule has 0 amide bonds. The van der Waals surface area contributed by atoms with Gasteiger partial charge in [0.15, 0.2) is 0 Å². The number of hydrogen-bond donors (Lipinski definition) is 1. The molecule has 0 saturated carbocycles. The van der Waals surface area contributed by atoms with Crippen molar-refractivity contribution in [3.05, 3.63) is 0 Å². The summed E-state index contributed by atoms with van der Waals surface area (Å²) in [6.45, 7) is 4.40. The maximum Gasteiger partial charge on any atom is 0.0576 e. The molecule has 1 aliphatic heterocycles. The van der Waals surface area contributed by atoms with Gasteiger partial charge in [-0.15, -0.1) is 0 Å². The Kier molecular flexibility index (Phi) is 7.49. The Morgan fingerprint density at radius 1 is 1.53 bits per heavy atom. The van der Waals surface area contributed by atoms with Crippen LogP contribution in [0.2, 0.25) is 0 Å². The first kappa shape index (κ1) is 13.3. The topological polar surface area (TPSA) is 21.3 Å². The van der Waals surface area contributed by atoms with Gasteiger partial charge in [0.25, 0.3) is 0 Å². The van der Waals surface area contributed by atoms with Crippen LogP contribution in [0.1, 0.15) is 39.0 Å². The van der Waals surface area contributed by atoms with E-state index in [0.717, 1.165) is 13.2 Å². The van der Waals surface area contributed by atoms with E-state index in [4.69, 9.17) is 4.74 Å². The minimum Gasteiger partial charge on any atom is -0.378 e. The van der Waals surface area contributed by atoms with Crippen LogP contribution in [0.4, 0.5) is 0 Å². The van der Waals surface area contributed by atoms with Gasteiger partial charge in [-0.05, 0) is 44.9 Å². The third-order valence-corrected chi connectivity index (χ3v) is 3.76. The van der Waals surface area contributed by atoms with Crippen LogP contribution in [0.3, 0.4) is 0 Å². The molecule has 1 aliphatic rings. The SMILES string of the molecule is CCC(CSC)NCCCC1CCCO1. The number of hydrogen-bond acceptors (Lipinski definition) is 3. The summed E-state index contributed by atoms with van der Waals surface area (Å²) < 4.78 is 5.60. The van der Waals surface area contributed by atoms with E-state index in [1.165, 1.54) is 37.9 Å². The maximum atomic E-state index is 5.60. The molecule has 2 atom stereocenters. The first-order chi connectivity index (χ1) is 7.36. The summed E-state index contributed by atoms with van der Waals surface area (Å²) in [7, 11) is 0. The molecule has 1 fully saturated rings. The number of nitrogens with one attached hydrogen (secondary N) is 1. The molecule has 1 N–H and O–H groups in total. The molecular weight excluding hydrogens is 206 g/mol. The van der Waals surface area contributed by atoms with Crippen LogP contribution < -0.4 is 5.32 Å². The first-order valence-electron chi connectivity index (χ1n) is 6.20. The first-order valence-corrected chi connectivity index (χ1v) is 7.60. The normalized spacial score (nSPS) is 23.2. The standard InChI is InChI=1S/C12H25NOS/c1-3-11(10-15-2)13-8-4-6-12-7-5-9-14-12/h11-13H,3-10H2,1-2H3. The summed E-state index contributed by atoms with van der Waals surface area (Å²) in [5.41, 5.74) is 0. The lowest BCUT2D eigenvalue weighted by Gasteiger charge is -2.16. The van der Waals surface area contributed by atoms with Crippen LogP contribution in [-0.4, -0.2) is 37.3 Å². The molecule has 1 heterocycles. The summed E-state index contributed by atoms with van der Waals surface area (Å²) in [6.07, 6.45) is 9.02. The van der Waals surface area contributed by atoms with Crippen molar-refractivity contribution < 1.29 is 4.74 Å². The fraction of sp³-hybridized carbons (Fsp3) is 1.00. The van der Waals surface area contributed by atoms with Crippen molar-refractivity contribution in [1.82, 2.24) is 5.32 Å². The Bertz CT molecular complexity index is 149. The molecule has 0 aromatic carbocycles. The third-order valence-electron chi connectivity index (χ3n) is 3.02. The van der Waals surface area contributed by atoms with Crippen LogP contribution in [0.25, 0.3) is 0 Å². The molecule has 0 aromatic rings. The summed E-state index contributed by atoms with van der Waals surface area (Å²) in [5, 5.41) is 3.62. The molecule has 0 radical (unpaired) electrons. The van der Waals surface area contributed by atoms with E-state index < -0.39 is 0 Å². The third kappa shape index (κ3) is 5.79. The highest BCUT2D eigenvalue weighted by molar-refractivity contribution is 7.98. The number of rotatable bonds is 8. The molecule has 1 rings (SSSR count).